The molecule has 1 aliphatic rings. The number of amides is 1. The van der Waals surface area contributed by atoms with E-state index in [2.05, 4.69) is 4.98 Å². The number of rotatable bonds is 5. The quantitative estimate of drug-likeness (QED) is 0.759. The number of fused-ring (bicyclic) bond motifs is 1. The Labute approximate surface area is 147 Å². The van der Waals surface area contributed by atoms with Gasteiger partial charge in [0.15, 0.2) is 0 Å². The molecule has 1 amide bonds. The highest BCUT2D eigenvalue weighted by atomic mass is 16.5. The number of aromatic nitrogens is 2. The lowest BCUT2D eigenvalue weighted by atomic mass is 10.1. The first kappa shape index (κ1) is 17.9. The van der Waals surface area contributed by atoms with Gasteiger partial charge in [0.05, 0.1) is 36.6 Å². The average molecular weight is 361 g/mol. The smallest absolute Gasteiger partial charge is 0.328 e. The number of H-pyrrole nitrogens is 1. The second kappa shape index (κ2) is 7.52. The number of carbonyl (C=O) groups excluding carboxylic acids is 1. The van der Waals surface area contributed by atoms with Crippen LogP contribution in [0.5, 0.6) is 0 Å². The summed E-state index contributed by atoms with van der Waals surface area (Å²) in [7, 11) is 0. The van der Waals surface area contributed by atoms with Gasteiger partial charge in [0.25, 0.3) is 5.56 Å². The summed E-state index contributed by atoms with van der Waals surface area (Å²) in [5.41, 5.74) is -0.591. The minimum Gasteiger partial charge on any atom is -0.481 e. The van der Waals surface area contributed by atoms with Gasteiger partial charge in [0.2, 0.25) is 5.91 Å². The molecule has 1 atom stereocenters. The Morgan fingerprint density at radius 1 is 1.27 bits per heavy atom. The van der Waals surface area contributed by atoms with Gasteiger partial charge >= 0.3 is 11.7 Å². The van der Waals surface area contributed by atoms with E-state index in [4.69, 9.17) is 9.84 Å². The maximum Gasteiger partial charge on any atom is 0.328 e. The number of aryl methyl sites for hydroxylation is 1. The molecule has 1 aromatic heterocycles. The van der Waals surface area contributed by atoms with Gasteiger partial charge in [-0.05, 0) is 12.1 Å². The predicted molar refractivity (Wildman–Crippen MR) is 92.0 cm³/mol. The molecule has 9 heteroatoms. The van der Waals surface area contributed by atoms with Crippen LogP contribution >= 0.6 is 0 Å². The van der Waals surface area contributed by atoms with Gasteiger partial charge in [-0.15, -0.1) is 0 Å². The summed E-state index contributed by atoms with van der Waals surface area (Å²) in [6.07, 6.45) is -0.167. The molecule has 0 bridgehead atoms. The summed E-state index contributed by atoms with van der Waals surface area (Å²) < 4.78 is 6.61. The summed E-state index contributed by atoms with van der Waals surface area (Å²) in [5.74, 6) is -1.25. The Kier molecular flexibility index (Phi) is 5.17. The average Bonchev–Trinajstić information content (AvgIpc) is 2.61. The summed E-state index contributed by atoms with van der Waals surface area (Å²) in [6.45, 7) is 0.938. The fraction of sp³-hybridized carbons (Fsp3) is 0.412. The van der Waals surface area contributed by atoms with Gasteiger partial charge in [-0.2, -0.15) is 0 Å². The minimum atomic E-state index is -0.999. The van der Waals surface area contributed by atoms with Crippen LogP contribution < -0.4 is 11.2 Å². The molecule has 1 aliphatic heterocycles. The van der Waals surface area contributed by atoms with Gasteiger partial charge in [-0.1, -0.05) is 12.1 Å². The number of morpholine rings is 1. The van der Waals surface area contributed by atoms with Crippen molar-refractivity contribution in [1.82, 2.24) is 14.5 Å². The van der Waals surface area contributed by atoms with E-state index < -0.39 is 23.3 Å². The van der Waals surface area contributed by atoms with Crippen molar-refractivity contribution < 1.29 is 19.4 Å². The number of ether oxygens (including phenoxy) is 1. The Hall–Kier alpha value is -2.94. The number of benzene rings is 1. The molecule has 9 nitrogen and oxygen atoms in total. The van der Waals surface area contributed by atoms with E-state index in [0.717, 1.165) is 0 Å². The van der Waals surface area contributed by atoms with Crippen molar-refractivity contribution in [3.05, 3.63) is 45.1 Å². The van der Waals surface area contributed by atoms with Crippen LogP contribution in [-0.4, -0.2) is 57.2 Å². The molecule has 3 rings (SSSR count). The molecule has 26 heavy (non-hydrogen) atoms. The summed E-state index contributed by atoms with van der Waals surface area (Å²) in [5, 5.41) is 9.35. The van der Waals surface area contributed by atoms with E-state index in [9.17, 15) is 19.2 Å². The largest absolute Gasteiger partial charge is 0.481 e. The topological polar surface area (TPSA) is 122 Å². The Balaban J connectivity index is 1.79. The highest BCUT2D eigenvalue weighted by Gasteiger charge is 2.28. The maximum atomic E-state index is 12.6. The molecular weight excluding hydrogens is 342 g/mol. The fourth-order valence-electron chi connectivity index (χ4n) is 3.17. The third-order valence-corrected chi connectivity index (χ3v) is 4.41. The molecule has 1 saturated heterocycles. The van der Waals surface area contributed by atoms with E-state index >= 15 is 0 Å². The van der Waals surface area contributed by atoms with Crippen molar-refractivity contribution in [2.24, 2.45) is 0 Å². The molecule has 1 unspecified atom stereocenters. The number of nitrogens with zero attached hydrogens (tertiary/aromatic N) is 2. The summed E-state index contributed by atoms with van der Waals surface area (Å²) in [4.78, 5) is 51.3. The van der Waals surface area contributed by atoms with Crippen molar-refractivity contribution in [3.63, 3.8) is 0 Å². The summed E-state index contributed by atoms with van der Waals surface area (Å²) in [6, 6.07) is 6.15. The van der Waals surface area contributed by atoms with Crippen molar-refractivity contribution in [3.8, 4) is 0 Å². The van der Waals surface area contributed by atoms with E-state index in [1.165, 1.54) is 9.47 Å². The lowest BCUT2D eigenvalue weighted by molar-refractivity contribution is -0.146. The second-order valence-electron chi connectivity index (χ2n) is 6.09. The number of para-hydroxylation sites is 1. The molecule has 2 heterocycles. The number of carboxylic acid groups (broad SMARTS) is 1. The van der Waals surface area contributed by atoms with Crippen molar-refractivity contribution in [2.45, 2.75) is 25.4 Å². The number of hydrogen-bond acceptors (Lipinski definition) is 5. The number of nitrogens with one attached hydrogen (secondary N) is 1. The van der Waals surface area contributed by atoms with Crippen LogP contribution in [0.1, 0.15) is 12.8 Å². The molecule has 1 aromatic carbocycles. The van der Waals surface area contributed by atoms with Crippen LogP contribution in [0.3, 0.4) is 0 Å². The van der Waals surface area contributed by atoms with Crippen LogP contribution in [0.15, 0.2) is 33.9 Å². The SMILES string of the molecule is O=C(O)CC1COCCN1C(=O)CCn1c(=O)[nH]c(=O)c2ccccc21. The maximum absolute atomic E-state index is 12.6. The third kappa shape index (κ3) is 3.67. The molecule has 0 radical (unpaired) electrons. The van der Waals surface area contributed by atoms with E-state index in [0.29, 0.717) is 24.1 Å². The lowest BCUT2D eigenvalue weighted by Gasteiger charge is -2.35. The minimum absolute atomic E-state index is 0.0199. The highest BCUT2D eigenvalue weighted by molar-refractivity contribution is 5.79. The van der Waals surface area contributed by atoms with E-state index in [1.54, 1.807) is 24.3 Å². The molecule has 0 aliphatic carbocycles. The van der Waals surface area contributed by atoms with Crippen molar-refractivity contribution in [1.29, 1.82) is 0 Å². The Morgan fingerprint density at radius 2 is 2.04 bits per heavy atom. The summed E-state index contributed by atoms with van der Waals surface area (Å²) >= 11 is 0. The number of carbonyl (C=O) groups is 2. The van der Waals surface area contributed by atoms with Crippen molar-refractivity contribution in [2.75, 3.05) is 19.8 Å². The van der Waals surface area contributed by atoms with Crippen LogP contribution in [0.4, 0.5) is 0 Å². The van der Waals surface area contributed by atoms with Crippen LogP contribution in [0.2, 0.25) is 0 Å². The first-order valence-corrected chi connectivity index (χ1v) is 8.28. The molecule has 138 valence electrons. The highest BCUT2D eigenvalue weighted by Crippen LogP contribution is 2.13. The van der Waals surface area contributed by atoms with Crippen LogP contribution in [0, 0.1) is 0 Å². The third-order valence-electron chi connectivity index (χ3n) is 4.41. The Bertz CT molecular complexity index is 947. The van der Waals surface area contributed by atoms with Gasteiger partial charge in [0, 0.05) is 19.5 Å². The van der Waals surface area contributed by atoms with Crippen LogP contribution in [-0.2, 0) is 20.9 Å². The zero-order valence-corrected chi connectivity index (χ0v) is 14.0. The van der Waals surface area contributed by atoms with E-state index in [1.807, 2.05) is 0 Å². The molecule has 2 aromatic rings. The number of aromatic amines is 1. The van der Waals surface area contributed by atoms with Gasteiger partial charge < -0.3 is 14.7 Å². The molecular formula is C17H19N3O6. The number of hydrogen-bond donors (Lipinski definition) is 2. The predicted octanol–water partition coefficient (Wildman–Crippen LogP) is -0.218. The molecule has 2 N–H and O–H groups in total. The van der Waals surface area contributed by atoms with Crippen LogP contribution in [0.25, 0.3) is 10.9 Å². The normalized spacial score (nSPS) is 17.4. The second-order valence-corrected chi connectivity index (χ2v) is 6.09. The zero-order valence-electron chi connectivity index (χ0n) is 14.0. The van der Waals surface area contributed by atoms with E-state index in [-0.39, 0.29) is 31.9 Å². The molecule has 0 spiro atoms. The molecule has 1 fully saturated rings. The monoisotopic (exact) mass is 361 g/mol. The zero-order chi connectivity index (χ0) is 18.7. The Morgan fingerprint density at radius 3 is 2.81 bits per heavy atom. The van der Waals surface area contributed by atoms with Gasteiger partial charge in [-0.3, -0.25) is 23.9 Å². The lowest BCUT2D eigenvalue weighted by Crippen LogP contribution is -2.49. The fourth-order valence-corrected chi connectivity index (χ4v) is 3.17. The number of carboxylic acids is 1. The first-order valence-electron chi connectivity index (χ1n) is 8.28. The molecule has 0 saturated carbocycles. The standard InChI is InChI=1S/C17H19N3O6/c21-14(19-7-8-26-10-11(19)9-15(22)23)5-6-20-13-4-2-1-3-12(13)16(24)18-17(20)25/h1-4,11H,5-10H2,(H,22,23)(H,18,24,25). The van der Waals surface area contributed by atoms with Crippen molar-refractivity contribution >= 4 is 22.8 Å². The first-order chi connectivity index (χ1) is 12.5. The number of aliphatic carboxylic acids is 1. The van der Waals surface area contributed by atoms with Gasteiger partial charge in [0.1, 0.15) is 0 Å². The van der Waals surface area contributed by atoms with Gasteiger partial charge in [-0.25, -0.2) is 4.79 Å².